The summed E-state index contributed by atoms with van der Waals surface area (Å²) in [6, 6.07) is 17.3. The predicted octanol–water partition coefficient (Wildman–Crippen LogP) is 4.50. The van der Waals surface area contributed by atoms with Gasteiger partial charge in [-0.2, -0.15) is 0 Å². The fourth-order valence-electron chi connectivity index (χ4n) is 2.22. The van der Waals surface area contributed by atoms with Gasteiger partial charge in [-0.1, -0.05) is 48.0 Å². The van der Waals surface area contributed by atoms with Crippen LogP contribution in [-0.4, -0.2) is 0 Å². The van der Waals surface area contributed by atoms with Crippen LogP contribution in [0.2, 0.25) is 0 Å². The van der Waals surface area contributed by atoms with Crippen LogP contribution in [-0.2, 0) is 13.1 Å². The van der Waals surface area contributed by atoms with E-state index in [4.69, 9.17) is 0 Å². The highest BCUT2D eigenvalue weighted by Gasteiger charge is 2.02. The summed E-state index contributed by atoms with van der Waals surface area (Å²) in [6.45, 7) is 3.97. The zero-order valence-electron chi connectivity index (χ0n) is 11.0. The molecule has 1 N–H and O–H groups in total. The summed E-state index contributed by atoms with van der Waals surface area (Å²) >= 11 is 1.82. The molecule has 3 aromatic rings. The molecule has 0 spiro atoms. The monoisotopic (exact) mass is 267 g/mol. The van der Waals surface area contributed by atoms with Gasteiger partial charge in [-0.3, -0.25) is 0 Å². The lowest BCUT2D eigenvalue weighted by Crippen LogP contribution is -2.12. The zero-order chi connectivity index (χ0) is 13.1. The van der Waals surface area contributed by atoms with E-state index in [0.29, 0.717) is 0 Å². The Labute approximate surface area is 117 Å². The summed E-state index contributed by atoms with van der Waals surface area (Å²) < 4.78 is 1.37. The second kappa shape index (κ2) is 5.55. The van der Waals surface area contributed by atoms with Crippen LogP contribution in [0.5, 0.6) is 0 Å². The maximum Gasteiger partial charge on any atom is 0.0346 e. The molecule has 2 heteroatoms. The van der Waals surface area contributed by atoms with Gasteiger partial charge in [0, 0.05) is 17.8 Å². The standard InChI is InChI=1S/C17H17NS/c1-13-6-8-14(9-7-13)10-18-11-15-12-19-17-5-3-2-4-16(15)17/h2-9,12,18H,10-11H2,1H3. The largest absolute Gasteiger partial charge is 0.309 e. The van der Waals surface area contributed by atoms with Crippen molar-refractivity contribution >= 4 is 21.4 Å². The summed E-state index contributed by atoms with van der Waals surface area (Å²) in [7, 11) is 0. The molecule has 0 unspecified atom stereocenters. The molecule has 1 heterocycles. The van der Waals surface area contributed by atoms with Crippen molar-refractivity contribution < 1.29 is 0 Å². The quantitative estimate of drug-likeness (QED) is 0.734. The topological polar surface area (TPSA) is 12.0 Å². The van der Waals surface area contributed by atoms with Crippen molar-refractivity contribution in [3.63, 3.8) is 0 Å². The predicted molar refractivity (Wildman–Crippen MR) is 83.5 cm³/mol. The molecule has 0 amide bonds. The molecule has 0 aliphatic heterocycles. The van der Waals surface area contributed by atoms with E-state index >= 15 is 0 Å². The second-order valence-corrected chi connectivity index (χ2v) is 5.76. The third-order valence-electron chi connectivity index (χ3n) is 3.33. The highest BCUT2D eigenvalue weighted by atomic mass is 32.1. The molecular weight excluding hydrogens is 250 g/mol. The van der Waals surface area contributed by atoms with Crippen molar-refractivity contribution in [3.05, 3.63) is 70.6 Å². The Morgan fingerprint density at radius 3 is 2.58 bits per heavy atom. The van der Waals surface area contributed by atoms with E-state index in [-0.39, 0.29) is 0 Å². The van der Waals surface area contributed by atoms with Crippen molar-refractivity contribution in [2.24, 2.45) is 0 Å². The Balaban J connectivity index is 1.65. The molecule has 0 aliphatic rings. The van der Waals surface area contributed by atoms with E-state index in [1.54, 1.807) is 0 Å². The van der Waals surface area contributed by atoms with Gasteiger partial charge in [-0.05, 0) is 34.9 Å². The number of benzene rings is 2. The van der Waals surface area contributed by atoms with E-state index in [2.05, 4.69) is 66.2 Å². The third kappa shape index (κ3) is 2.86. The normalized spacial score (nSPS) is 11.0. The van der Waals surface area contributed by atoms with Crippen LogP contribution in [0.25, 0.3) is 10.1 Å². The first-order valence-electron chi connectivity index (χ1n) is 6.54. The summed E-state index contributed by atoms with van der Waals surface area (Å²) in [5.41, 5.74) is 4.05. The van der Waals surface area contributed by atoms with Crippen molar-refractivity contribution in [1.82, 2.24) is 5.32 Å². The van der Waals surface area contributed by atoms with E-state index in [0.717, 1.165) is 13.1 Å². The number of fused-ring (bicyclic) bond motifs is 1. The SMILES string of the molecule is Cc1ccc(CNCc2csc3ccccc23)cc1. The van der Waals surface area contributed by atoms with E-state index in [1.807, 2.05) is 11.3 Å². The Hall–Kier alpha value is -1.64. The zero-order valence-corrected chi connectivity index (χ0v) is 11.8. The molecule has 1 nitrogen and oxygen atoms in total. The highest BCUT2D eigenvalue weighted by molar-refractivity contribution is 7.17. The smallest absolute Gasteiger partial charge is 0.0346 e. The van der Waals surface area contributed by atoms with E-state index in [1.165, 1.54) is 26.8 Å². The number of aryl methyl sites for hydroxylation is 1. The highest BCUT2D eigenvalue weighted by Crippen LogP contribution is 2.25. The van der Waals surface area contributed by atoms with Crippen LogP contribution >= 0.6 is 11.3 Å². The van der Waals surface area contributed by atoms with Gasteiger partial charge in [0.1, 0.15) is 0 Å². The molecule has 1 aromatic heterocycles. The second-order valence-electron chi connectivity index (χ2n) is 4.85. The minimum absolute atomic E-state index is 0.921. The number of thiophene rings is 1. The van der Waals surface area contributed by atoms with Gasteiger partial charge in [0.25, 0.3) is 0 Å². The third-order valence-corrected chi connectivity index (χ3v) is 4.34. The summed E-state index contributed by atoms with van der Waals surface area (Å²) in [6.07, 6.45) is 0. The maximum absolute atomic E-state index is 3.52. The Morgan fingerprint density at radius 2 is 1.74 bits per heavy atom. The average Bonchev–Trinajstić information content (AvgIpc) is 2.85. The van der Waals surface area contributed by atoms with Gasteiger partial charge in [-0.25, -0.2) is 0 Å². The fraction of sp³-hybridized carbons (Fsp3) is 0.176. The molecule has 0 saturated carbocycles. The molecule has 96 valence electrons. The number of nitrogens with one attached hydrogen (secondary N) is 1. The summed E-state index contributed by atoms with van der Waals surface area (Å²) in [5.74, 6) is 0. The Kier molecular flexibility index (Phi) is 3.62. The fourth-order valence-corrected chi connectivity index (χ4v) is 3.18. The van der Waals surface area contributed by atoms with Gasteiger partial charge in [0.2, 0.25) is 0 Å². The number of rotatable bonds is 4. The first-order valence-corrected chi connectivity index (χ1v) is 7.42. The minimum atomic E-state index is 0.921. The maximum atomic E-state index is 3.52. The molecule has 0 saturated heterocycles. The molecule has 0 aliphatic carbocycles. The minimum Gasteiger partial charge on any atom is -0.309 e. The molecule has 0 bridgehead atoms. The molecule has 0 atom stereocenters. The molecule has 3 rings (SSSR count). The summed E-state index contributed by atoms with van der Waals surface area (Å²) in [4.78, 5) is 0. The van der Waals surface area contributed by atoms with Gasteiger partial charge >= 0.3 is 0 Å². The first kappa shape index (κ1) is 12.4. The average molecular weight is 267 g/mol. The number of hydrogen-bond donors (Lipinski definition) is 1. The van der Waals surface area contributed by atoms with Crippen molar-refractivity contribution in [3.8, 4) is 0 Å². The van der Waals surface area contributed by atoms with Crippen LogP contribution in [0.15, 0.2) is 53.9 Å². The van der Waals surface area contributed by atoms with Crippen molar-refractivity contribution in [2.75, 3.05) is 0 Å². The van der Waals surface area contributed by atoms with Crippen LogP contribution in [0.1, 0.15) is 16.7 Å². The van der Waals surface area contributed by atoms with Gasteiger partial charge < -0.3 is 5.32 Å². The van der Waals surface area contributed by atoms with Gasteiger partial charge in [0.15, 0.2) is 0 Å². The van der Waals surface area contributed by atoms with Crippen LogP contribution < -0.4 is 5.32 Å². The molecule has 0 fully saturated rings. The number of hydrogen-bond acceptors (Lipinski definition) is 2. The molecule has 2 aromatic carbocycles. The summed E-state index contributed by atoms with van der Waals surface area (Å²) in [5, 5.41) is 7.16. The van der Waals surface area contributed by atoms with Crippen LogP contribution in [0.4, 0.5) is 0 Å². The lowest BCUT2D eigenvalue weighted by Gasteiger charge is -2.05. The van der Waals surface area contributed by atoms with Gasteiger partial charge in [0.05, 0.1) is 0 Å². The van der Waals surface area contributed by atoms with Gasteiger partial charge in [-0.15, -0.1) is 11.3 Å². The molecule has 19 heavy (non-hydrogen) atoms. The van der Waals surface area contributed by atoms with Crippen LogP contribution in [0, 0.1) is 6.92 Å². The van der Waals surface area contributed by atoms with Crippen molar-refractivity contribution in [1.29, 1.82) is 0 Å². The van der Waals surface area contributed by atoms with Crippen LogP contribution in [0.3, 0.4) is 0 Å². The van der Waals surface area contributed by atoms with E-state index in [9.17, 15) is 0 Å². The van der Waals surface area contributed by atoms with Crippen molar-refractivity contribution in [2.45, 2.75) is 20.0 Å². The lowest BCUT2D eigenvalue weighted by atomic mass is 10.1. The lowest BCUT2D eigenvalue weighted by molar-refractivity contribution is 0.697. The first-order chi connectivity index (χ1) is 9.33. The Bertz CT molecular complexity index is 667. The van der Waals surface area contributed by atoms with E-state index < -0.39 is 0 Å². The molecular formula is C17H17NS. The molecule has 0 radical (unpaired) electrons. The Morgan fingerprint density at radius 1 is 0.947 bits per heavy atom.